The van der Waals surface area contributed by atoms with Crippen molar-refractivity contribution in [3.8, 4) is 0 Å². The molecule has 0 aliphatic heterocycles. The largest absolute Gasteiger partial charge is 0.385 e. The standard InChI is InChI=1S/C21H26N2O/c1-15-7-8-16(2)20(13-15)21(24)23-19-11-9-18(10-12-19)22-14-17-5-3-4-6-17/h7-13,17,22H,3-6,14H2,1-2H3,(H,23,24). The fourth-order valence-corrected chi connectivity index (χ4v) is 3.33. The van der Waals surface area contributed by atoms with E-state index in [1.807, 2.05) is 56.3 Å². The highest BCUT2D eigenvalue weighted by atomic mass is 16.1. The Balaban J connectivity index is 1.59. The van der Waals surface area contributed by atoms with Gasteiger partial charge in [0, 0.05) is 23.5 Å². The highest BCUT2D eigenvalue weighted by molar-refractivity contribution is 6.05. The van der Waals surface area contributed by atoms with Crippen molar-refractivity contribution in [3.05, 3.63) is 59.2 Å². The van der Waals surface area contributed by atoms with E-state index in [0.717, 1.165) is 40.5 Å². The molecule has 0 bridgehead atoms. The lowest BCUT2D eigenvalue weighted by atomic mass is 10.0. The van der Waals surface area contributed by atoms with Crippen molar-refractivity contribution in [3.63, 3.8) is 0 Å². The summed E-state index contributed by atoms with van der Waals surface area (Å²) in [6, 6.07) is 13.9. The Morgan fingerprint density at radius 3 is 2.38 bits per heavy atom. The molecule has 126 valence electrons. The number of anilines is 2. The molecule has 2 aromatic rings. The van der Waals surface area contributed by atoms with Gasteiger partial charge in [-0.25, -0.2) is 0 Å². The number of hydrogen-bond donors (Lipinski definition) is 2. The topological polar surface area (TPSA) is 41.1 Å². The summed E-state index contributed by atoms with van der Waals surface area (Å²) in [6.07, 6.45) is 5.43. The number of rotatable bonds is 5. The summed E-state index contributed by atoms with van der Waals surface area (Å²) >= 11 is 0. The first-order valence-electron chi connectivity index (χ1n) is 8.84. The number of amides is 1. The van der Waals surface area contributed by atoms with Gasteiger partial charge in [0.2, 0.25) is 0 Å². The van der Waals surface area contributed by atoms with Gasteiger partial charge in [-0.05, 0) is 68.5 Å². The predicted octanol–water partition coefficient (Wildman–Crippen LogP) is 5.16. The van der Waals surface area contributed by atoms with E-state index >= 15 is 0 Å². The van der Waals surface area contributed by atoms with Gasteiger partial charge in [0.15, 0.2) is 0 Å². The van der Waals surface area contributed by atoms with E-state index in [1.165, 1.54) is 25.7 Å². The minimum absolute atomic E-state index is 0.0529. The number of carbonyl (C=O) groups is 1. The van der Waals surface area contributed by atoms with Crippen molar-refractivity contribution in [1.29, 1.82) is 0 Å². The second-order valence-corrected chi connectivity index (χ2v) is 6.88. The van der Waals surface area contributed by atoms with Crippen LogP contribution >= 0.6 is 0 Å². The van der Waals surface area contributed by atoms with E-state index in [1.54, 1.807) is 0 Å². The second-order valence-electron chi connectivity index (χ2n) is 6.88. The van der Waals surface area contributed by atoms with Crippen molar-refractivity contribution in [1.82, 2.24) is 0 Å². The monoisotopic (exact) mass is 322 g/mol. The molecule has 2 N–H and O–H groups in total. The SMILES string of the molecule is Cc1ccc(C)c(C(=O)Nc2ccc(NCC3CCCC3)cc2)c1. The van der Waals surface area contributed by atoms with Crippen LogP contribution in [0.1, 0.15) is 47.2 Å². The van der Waals surface area contributed by atoms with Crippen LogP contribution in [0.15, 0.2) is 42.5 Å². The molecule has 0 unspecified atom stereocenters. The second kappa shape index (κ2) is 7.52. The predicted molar refractivity (Wildman–Crippen MR) is 101 cm³/mol. The first-order valence-corrected chi connectivity index (χ1v) is 8.84. The van der Waals surface area contributed by atoms with Crippen LogP contribution in [0.4, 0.5) is 11.4 Å². The summed E-state index contributed by atoms with van der Waals surface area (Å²) in [5.41, 5.74) is 4.77. The summed E-state index contributed by atoms with van der Waals surface area (Å²) in [4.78, 5) is 12.4. The van der Waals surface area contributed by atoms with Gasteiger partial charge in [-0.3, -0.25) is 4.79 Å². The summed E-state index contributed by atoms with van der Waals surface area (Å²) < 4.78 is 0. The Morgan fingerprint density at radius 1 is 1.00 bits per heavy atom. The normalized spacial score (nSPS) is 14.6. The molecule has 0 atom stereocenters. The van der Waals surface area contributed by atoms with Crippen molar-refractivity contribution in [2.24, 2.45) is 5.92 Å². The number of benzene rings is 2. The van der Waals surface area contributed by atoms with Gasteiger partial charge >= 0.3 is 0 Å². The quantitative estimate of drug-likeness (QED) is 0.798. The maximum atomic E-state index is 12.4. The lowest BCUT2D eigenvalue weighted by Crippen LogP contribution is -2.14. The summed E-state index contributed by atoms with van der Waals surface area (Å²) in [5, 5.41) is 6.49. The maximum Gasteiger partial charge on any atom is 0.255 e. The summed E-state index contributed by atoms with van der Waals surface area (Å²) in [6.45, 7) is 5.01. The minimum atomic E-state index is -0.0529. The highest BCUT2D eigenvalue weighted by Crippen LogP contribution is 2.25. The van der Waals surface area contributed by atoms with Crippen molar-refractivity contribution < 1.29 is 4.79 Å². The van der Waals surface area contributed by atoms with Crippen molar-refractivity contribution in [2.45, 2.75) is 39.5 Å². The number of hydrogen-bond acceptors (Lipinski definition) is 2. The number of carbonyl (C=O) groups excluding carboxylic acids is 1. The van der Waals surface area contributed by atoms with Crippen molar-refractivity contribution in [2.75, 3.05) is 17.2 Å². The van der Waals surface area contributed by atoms with E-state index in [2.05, 4.69) is 10.6 Å². The average Bonchev–Trinajstić information content (AvgIpc) is 3.10. The molecule has 24 heavy (non-hydrogen) atoms. The Morgan fingerprint density at radius 2 is 1.67 bits per heavy atom. The third kappa shape index (κ3) is 4.16. The molecule has 1 aliphatic rings. The Kier molecular flexibility index (Phi) is 5.19. The van der Waals surface area contributed by atoms with E-state index in [4.69, 9.17) is 0 Å². The zero-order chi connectivity index (χ0) is 16.9. The van der Waals surface area contributed by atoms with Crippen LogP contribution in [0.2, 0.25) is 0 Å². The van der Waals surface area contributed by atoms with Gasteiger partial charge in [-0.15, -0.1) is 0 Å². The van der Waals surface area contributed by atoms with Gasteiger partial charge in [0.1, 0.15) is 0 Å². The zero-order valence-corrected chi connectivity index (χ0v) is 14.6. The zero-order valence-electron chi connectivity index (χ0n) is 14.6. The third-order valence-corrected chi connectivity index (χ3v) is 4.85. The van der Waals surface area contributed by atoms with Crippen LogP contribution in [-0.2, 0) is 0 Å². The van der Waals surface area contributed by atoms with Gasteiger partial charge in [0.05, 0.1) is 0 Å². The minimum Gasteiger partial charge on any atom is -0.385 e. The molecule has 3 nitrogen and oxygen atoms in total. The molecule has 2 aromatic carbocycles. The average molecular weight is 322 g/mol. The molecule has 1 aliphatic carbocycles. The molecule has 0 spiro atoms. The van der Waals surface area contributed by atoms with Crippen LogP contribution in [0.3, 0.4) is 0 Å². The molecule has 0 heterocycles. The van der Waals surface area contributed by atoms with Crippen LogP contribution in [-0.4, -0.2) is 12.5 Å². The van der Waals surface area contributed by atoms with Crippen LogP contribution in [0, 0.1) is 19.8 Å². The molecule has 1 saturated carbocycles. The molecular formula is C21H26N2O. The Bertz CT molecular complexity index is 700. The van der Waals surface area contributed by atoms with Crippen molar-refractivity contribution >= 4 is 17.3 Å². The van der Waals surface area contributed by atoms with E-state index in [-0.39, 0.29) is 5.91 Å². The molecule has 0 aromatic heterocycles. The lowest BCUT2D eigenvalue weighted by molar-refractivity contribution is 0.102. The molecular weight excluding hydrogens is 296 g/mol. The highest BCUT2D eigenvalue weighted by Gasteiger charge is 2.14. The van der Waals surface area contributed by atoms with Gasteiger partial charge in [-0.2, -0.15) is 0 Å². The Hall–Kier alpha value is -2.29. The Labute approximate surface area is 144 Å². The molecule has 1 amide bonds. The van der Waals surface area contributed by atoms with Gasteiger partial charge in [0.25, 0.3) is 5.91 Å². The number of nitrogens with one attached hydrogen (secondary N) is 2. The molecule has 0 saturated heterocycles. The molecule has 3 heteroatoms. The maximum absolute atomic E-state index is 12.4. The lowest BCUT2D eigenvalue weighted by Gasteiger charge is -2.13. The smallest absolute Gasteiger partial charge is 0.255 e. The van der Waals surface area contributed by atoms with Crippen LogP contribution < -0.4 is 10.6 Å². The third-order valence-electron chi connectivity index (χ3n) is 4.85. The first kappa shape index (κ1) is 16.6. The van der Waals surface area contributed by atoms with Crippen LogP contribution in [0.5, 0.6) is 0 Å². The van der Waals surface area contributed by atoms with E-state index in [0.29, 0.717) is 0 Å². The van der Waals surface area contributed by atoms with E-state index < -0.39 is 0 Å². The summed E-state index contributed by atoms with van der Waals surface area (Å²) in [7, 11) is 0. The molecule has 1 fully saturated rings. The van der Waals surface area contributed by atoms with Gasteiger partial charge in [-0.1, -0.05) is 30.5 Å². The summed E-state index contributed by atoms with van der Waals surface area (Å²) in [5.74, 6) is 0.761. The molecule has 3 rings (SSSR count). The fourth-order valence-electron chi connectivity index (χ4n) is 3.33. The fraction of sp³-hybridized carbons (Fsp3) is 0.381. The number of aryl methyl sites for hydroxylation is 2. The molecule has 0 radical (unpaired) electrons. The first-order chi connectivity index (χ1) is 11.6. The van der Waals surface area contributed by atoms with Gasteiger partial charge < -0.3 is 10.6 Å². The van der Waals surface area contributed by atoms with E-state index in [9.17, 15) is 4.79 Å². The van der Waals surface area contributed by atoms with Crippen LogP contribution in [0.25, 0.3) is 0 Å².